The smallest absolute Gasteiger partial charge is 0.341 e. The number of carbonyl (C=O) groups is 3. The lowest BCUT2D eigenvalue weighted by molar-refractivity contribution is -0.123. The fourth-order valence-corrected chi connectivity index (χ4v) is 6.92. The molecule has 0 spiro atoms. The third-order valence-electron chi connectivity index (χ3n) is 6.60. The Labute approximate surface area is 243 Å². The zero-order valence-electron chi connectivity index (χ0n) is 23.2. The second-order valence-electron chi connectivity index (χ2n) is 9.67. The van der Waals surface area contributed by atoms with Crippen LogP contribution in [0.5, 0.6) is 5.75 Å². The molecular formula is C29H32N2O8S2. The number of esters is 2. The van der Waals surface area contributed by atoms with Gasteiger partial charge in [-0.3, -0.25) is 9.52 Å². The molecule has 2 atom stereocenters. The van der Waals surface area contributed by atoms with Crippen molar-refractivity contribution in [3.05, 3.63) is 70.1 Å². The highest BCUT2D eigenvalue weighted by molar-refractivity contribution is 7.92. The minimum absolute atomic E-state index is 0.0463. The zero-order valence-corrected chi connectivity index (χ0v) is 24.8. The van der Waals surface area contributed by atoms with E-state index in [1.165, 1.54) is 49.6 Å². The van der Waals surface area contributed by atoms with Crippen LogP contribution in [0.25, 0.3) is 0 Å². The van der Waals surface area contributed by atoms with Crippen LogP contribution in [-0.4, -0.2) is 46.1 Å². The van der Waals surface area contributed by atoms with Crippen LogP contribution in [0.3, 0.4) is 0 Å². The van der Waals surface area contributed by atoms with Crippen molar-refractivity contribution in [2.45, 2.75) is 51.0 Å². The number of methoxy groups -OCH3 is 1. The SMILES string of the molecule is CCOC(=O)c1c(NC(=O)C(C)OC(=O)c2cccc(S(=O)(=O)Nc3ccc(OC)cc3)c2)sc2c1CCC(C)C2. The molecule has 1 aliphatic carbocycles. The predicted molar refractivity (Wildman–Crippen MR) is 155 cm³/mol. The fraction of sp³-hybridized carbons (Fsp3) is 0.345. The van der Waals surface area contributed by atoms with E-state index in [0.29, 0.717) is 34.3 Å². The van der Waals surface area contributed by atoms with E-state index in [1.807, 2.05) is 0 Å². The summed E-state index contributed by atoms with van der Waals surface area (Å²) < 4.78 is 43.9. The van der Waals surface area contributed by atoms with Crippen molar-refractivity contribution in [1.82, 2.24) is 0 Å². The van der Waals surface area contributed by atoms with Crippen molar-refractivity contribution >= 4 is 49.9 Å². The van der Waals surface area contributed by atoms with Gasteiger partial charge in [0.15, 0.2) is 6.10 Å². The Morgan fingerprint density at radius 2 is 1.83 bits per heavy atom. The van der Waals surface area contributed by atoms with Gasteiger partial charge in [0, 0.05) is 10.6 Å². The highest BCUT2D eigenvalue weighted by Crippen LogP contribution is 2.40. The van der Waals surface area contributed by atoms with Gasteiger partial charge in [0.1, 0.15) is 10.8 Å². The van der Waals surface area contributed by atoms with Gasteiger partial charge in [0.25, 0.3) is 15.9 Å². The summed E-state index contributed by atoms with van der Waals surface area (Å²) in [6, 6.07) is 11.6. The number of sulfonamides is 1. The minimum atomic E-state index is -4.02. The summed E-state index contributed by atoms with van der Waals surface area (Å²) in [5.41, 5.74) is 1.52. The van der Waals surface area contributed by atoms with E-state index in [4.69, 9.17) is 14.2 Å². The average molecular weight is 601 g/mol. The quantitative estimate of drug-likeness (QED) is 0.309. The van der Waals surface area contributed by atoms with Gasteiger partial charge in [-0.25, -0.2) is 18.0 Å². The van der Waals surface area contributed by atoms with Gasteiger partial charge >= 0.3 is 11.9 Å². The number of thiophene rings is 1. The molecule has 12 heteroatoms. The second-order valence-corrected chi connectivity index (χ2v) is 12.5. The average Bonchev–Trinajstić information content (AvgIpc) is 3.30. The number of amides is 1. The van der Waals surface area contributed by atoms with Crippen molar-refractivity contribution in [3.8, 4) is 5.75 Å². The van der Waals surface area contributed by atoms with Gasteiger partial charge < -0.3 is 19.5 Å². The van der Waals surface area contributed by atoms with Gasteiger partial charge in [-0.05, 0) is 87.1 Å². The summed E-state index contributed by atoms with van der Waals surface area (Å²) in [5.74, 6) is -0.966. The number of carbonyl (C=O) groups excluding carboxylic acids is 3. The molecule has 1 heterocycles. The van der Waals surface area contributed by atoms with Crippen LogP contribution in [0.15, 0.2) is 53.4 Å². The normalized spacial score (nSPS) is 15.3. The fourth-order valence-electron chi connectivity index (χ4n) is 4.42. The Bertz CT molecular complexity index is 1550. The molecule has 1 aromatic heterocycles. The van der Waals surface area contributed by atoms with E-state index >= 15 is 0 Å². The number of ether oxygens (including phenoxy) is 3. The van der Waals surface area contributed by atoms with Crippen LogP contribution in [0.4, 0.5) is 10.7 Å². The van der Waals surface area contributed by atoms with Gasteiger partial charge in [-0.1, -0.05) is 13.0 Å². The first-order valence-electron chi connectivity index (χ1n) is 13.1. The molecule has 1 amide bonds. The Morgan fingerprint density at radius 1 is 1.10 bits per heavy atom. The third kappa shape index (κ3) is 7.06. The van der Waals surface area contributed by atoms with E-state index in [9.17, 15) is 22.8 Å². The number of fused-ring (bicyclic) bond motifs is 1. The van der Waals surface area contributed by atoms with Gasteiger partial charge in [0.05, 0.1) is 29.7 Å². The topological polar surface area (TPSA) is 137 Å². The maximum absolute atomic E-state index is 13.0. The van der Waals surface area contributed by atoms with Crippen LogP contribution in [-0.2, 0) is 37.1 Å². The number of benzene rings is 2. The molecule has 0 saturated carbocycles. The first kappa shape index (κ1) is 30.1. The molecule has 0 saturated heterocycles. The summed E-state index contributed by atoms with van der Waals surface area (Å²) >= 11 is 1.33. The molecule has 0 radical (unpaired) electrons. The van der Waals surface area contributed by atoms with E-state index in [2.05, 4.69) is 17.0 Å². The third-order valence-corrected chi connectivity index (χ3v) is 9.15. The highest BCUT2D eigenvalue weighted by atomic mass is 32.2. The van der Waals surface area contributed by atoms with Crippen molar-refractivity contribution in [2.24, 2.45) is 5.92 Å². The molecule has 4 rings (SSSR count). The number of nitrogens with one attached hydrogen (secondary N) is 2. The molecule has 2 aromatic carbocycles. The molecule has 10 nitrogen and oxygen atoms in total. The van der Waals surface area contributed by atoms with Gasteiger partial charge in [0.2, 0.25) is 0 Å². The molecule has 218 valence electrons. The predicted octanol–water partition coefficient (Wildman–Crippen LogP) is 5.04. The van der Waals surface area contributed by atoms with E-state index < -0.39 is 34.0 Å². The highest BCUT2D eigenvalue weighted by Gasteiger charge is 2.30. The molecule has 2 N–H and O–H groups in total. The van der Waals surface area contributed by atoms with Crippen molar-refractivity contribution < 1.29 is 37.0 Å². The van der Waals surface area contributed by atoms with Gasteiger partial charge in [-0.2, -0.15) is 0 Å². The summed E-state index contributed by atoms with van der Waals surface area (Å²) in [6.45, 7) is 5.46. The zero-order chi connectivity index (χ0) is 29.7. The molecular weight excluding hydrogens is 568 g/mol. The molecule has 0 aliphatic heterocycles. The monoisotopic (exact) mass is 600 g/mol. The molecule has 3 aromatic rings. The maximum atomic E-state index is 13.0. The number of rotatable bonds is 10. The van der Waals surface area contributed by atoms with Crippen LogP contribution in [0.1, 0.15) is 58.3 Å². The van der Waals surface area contributed by atoms with Crippen LogP contribution < -0.4 is 14.8 Å². The standard InChI is InChI=1S/C29H32N2O8S2/c1-5-38-29(34)25-23-14-9-17(2)15-24(23)40-27(25)30-26(32)18(3)39-28(33)19-7-6-8-22(16-19)41(35,36)31-20-10-12-21(37-4)13-11-20/h6-8,10-13,16-18,31H,5,9,14-15H2,1-4H3,(H,30,32). The molecule has 0 bridgehead atoms. The minimum Gasteiger partial charge on any atom is -0.497 e. The number of hydrogen-bond donors (Lipinski definition) is 2. The molecule has 41 heavy (non-hydrogen) atoms. The lowest BCUT2D eigenvalue weighted by atomic mass is 9.88. The molecule has 0 fully saturated rings. The van der Waals surface area contributed by atoms with Crippen molar-refractivity contribution in [1.29, 1.82) is 0 Å². The van der Waals surface area contributed by atoms with Crippen LogP contribution >= 0.6 is 11.3 Å². The Hall–Kier alpha value is -3.90. The van der Waals surface area contributed by atoms with E-state index in [1.54, 1.807) is 31.2 Å². The Balaban J connectivity index is 1.46. The first-order valence-corrected chi connectivity index (χ1v) is 15.4. The van der Waals surface area contributed by atoms with E-state index in [-0.39, 0.29) is 17.1 Å². The molecule has 1 aliphatic rings. The first-order chi connectivity index (χ1) is 19.5. The Kier molecular flexibility index (Phi) is 9.34. The van der Waals surface area contributed by atoms with Crippen LogP contribution in [0, 0.1) is 5.92 Å². The summed E-state index contributed by atoms with van der Waals surface area (Å²) in [6.07, 6.45) is 1.23. The van der Waals surface area contributed by atoms with Crippen molar-refractivity contribution in [2.75, 3.05) is 23.8 Å². The summed E-state index contributed by atoms with van der Waals surface area (Å²) in [7, 11) is -2.51. The summed E-state index contributed by atoms with van der Waals surface area (Å²) in [5, 5.41) is 3.10. The van der Waals surface area contributed by atoms with E-state index in [0.717, 1.165) is 23.3 Å². The van der Waals surface area contributed by atoms with Crippen molar-refractivity contribution in [3.63, 3.8) is 0 Å². The van der Waals surface area contributed by atoms with Gasteiger partial charge in [-0.15, -0.1) is 11.3 Å². The lowest BCUT2D eigenvalue weighted by Gasteiger charge is -2.18. The lowest BCUT2D eigenvalue weighted by Crippen LogP contribution is -2.30. The second kappa shape index (κ2) is 12.7. The Morgan fingerprint density at radius 3 is 2.51 bits per heavy atom. The largest absolute Gasteiger partial charge is 0.497 e. The molecule has 2 unspecified atom stereocenters. The summed E-state index contributed by atoms with van der Waals surface area (Å²) in [4.78, 5) is 39.5. The maximum Gasteiger partial charge on any atom is 0.341 e. The van der Waals surface area contributed by atoms with Crippen LogP contribution in [0.2, 0.25) is 0 Å². The number of anilines is 2. The number of hydrogen-bond acceptors (Lipinski definition) is 9.